The van der Waals surface area contributed by atoms with E-state index in [1.54, 1.807) is 0 Å². The third-order valence-electron chi connectivity index (χ3n) is 2.19. The molecule has 0 amide bonds. The highest BCUT2D eigenvalue weighted by Gasteiger charge is 2.04. The number of benzene rings is 1. The van der Waals surface area contributed by atoms with Gasteiger partial charge in [0.2, 0.25) is 0 Å². The van der Waals surface area contributed by atoms with E-state index < -0.39 is 0 Å². The van der Waals surface area contributed by atoms with Crippen molar-refractivity contribution in [1.82, 2.24) is 0 Å². The van der Waals surface area contributed by atoms with Gasteiger partial charge in [0.25, 0.3) is 0 Å². The number of nitrogens with two attached hydrogens (primary N) is 1. The maximum absolute atomic E-state index is 5.75. The predicted molar refractivity (Wildman–Crippen MR) is 71.9 cm³/mol. The van der Waals surface area contributed by atoms with E-state index in [9.17, 15) is 0 Å². The van der Waals surface area contributed by atoms with E-state index in [0.29, 0.717) is 10.9 Å². The van der Waals surface area contributed by atoms with Gasteiger partial charge in [-0.15, -0.1) is 0 Å². The summed E-state index contributed by atoms with van der Waals surface area (Å²) in [6, 6.07) is 8.06. The average molecular weight is 237 g/mol. The number of para-hydroxylation sites is 1. The summed E-state index contributed by atoms with van der Waals surface area (Å²) in [5.74, 6) is 1.48. The highest BCUT2D eigenvalue weighted by Crippen LogP contribution is 2.20. The van der Waals surface area contributed by atoms with E-state index in [0.717, 1.165) is 25.2 Å². The molecule has 0 aliphatic heterocycles. The summed E-state index contributed by atoms with van der Waals surface area (Å²) in [7, 11) is 0. The summed E-state index contributed by atoms with van der Waals surface area (Å²) >= 11 is 4.88. The molecule has 0 saturated carbocycles. The van der Waals surface area contributed by atoms with Gasteiger partial charge >= 0.3 is 0 Å². The predicted octanol–water partition coefficient (Wildman–Crippen LogP) is 2.94. The molecule has 1 rings (SSSR count). The molecule has 0 aliphatic carbocycles. The second-order valence-corrected chi connectivity index (χ2v) is 4.80. The molecule has 3 heteroatoms. The number of hydrogen-bond donors (Lipinski definition) is 1. The minimum Gasteiger partial charge on any atom is -0.493 e. The molecule has 0 saturated heterocycles. The van der Waals surface area contributed by atoms with Crippen LogP contribution in [0.25, 0.3) is 0 Å². The van der Waals surface area contributed by atoms with E-state index in [1.807, 2.05) is 18.2 Å². The van der Waals surface area contributed by atoms with Crippen molar-refractivity contribution < 1.29 is 4.74 Å². The normalized spacial score (nSPS) is 10.4. The van der Waals surface area contributed by atoms with Crippen LogP contribution in [0.15, 0.2) is 24.3 Å². The van der Waals surface area contributed by atoms with E-state index in [-0.39, 0.29) is 0 Å². The van der Waals surface area contributed by atoms with Gasteiger partial charge in [0, 0.05) is 6.42 Å². The van der Waals surface area contributed by atoms with Crippen molar-refractivity contribution in [2.45, 2.75) is 26.7 Å². The van der Waals surface area contributed by atoms with Crippen LogP contribution in [0.5, 0.6) is 5.75 Å². The zero-order valence-electron chi connectivity index (χ0n) is 9.90. The monoisotopic (exact) mass is 237 g/mol. The Labute approximate surface area is 103 Å². The lowest BCUT2D eigenvalue weighted by atomic mass is 10.1. The van der Waals surface area contributed by atoms with E-state index in [4.69, 9.17) is 22.7 Å². The number of hydrogen-bond acceptors (Lipinski definition) is 2. The highest BCUT2D eigenvalue weighted by molar-refractivity contribution is 7.80. The Bertz CT molecular complexity index is 350. The van der Waals surface area contributed by atoms with Gasteiger partial charge in [-0.2, -0.15) is 0 Å². The lowest BCUT2D eigenvalue weighted by Crippen LogP contribution is -2.10. The minimum atomic E-state index is 0.531. The van der Waals surface area contributed by atoms with Crippen molar-refractivity contribution in [3.05, 3.63) is 29.8 Å². The number of thiocarbonyl (C=S) groups is 1. The number of aryl methyl sites for hydroxylation is 1. The zero-order chi connectivity index (χ0) is 12.0. The number of rotatable bonds is 6. The van der Waals surface area contributed by atoms with Crippen molar-refractivity contribution in [3.63, 3.8) is 0 Å². The molecule has 2 nitrogen and oxygen atoms in total. The molecule has 2 N–H and O–H groups in total. The number of ether oxygens (including phenoxy) is 1. The van der Waals surface area contributed by atoms with Crippen molar-refractivity contribution in [2.75, 3.05) is 6.61 Å². The van der Waals surface area contributed by atoms with E-state index in [1.165, 1.54) is 5.56 Å². The van der Waals surface area contributed by atoms with Gasteiger partial charge in [0.05, 0.1) is 11.6 Å². The summed E-state index contributed by atoms with van der Waals surface area (Å²) in [5, 5.41) is 0. The molecule has 1 aromatic rings. The molecule has 0 fully saturated rings. The van der Waals surface area contributed by atoms with Crippen LogP contribution < -0.4 is 10.5 Å². The lowest BCUT2D eigenvalue weighted by molar-refractivity contribution is 0.268. The highest BCUT2D eigenvalue weighted by atomic mass is 32.1. The molecule has 0 aromatic heterocycles. The fourth-order valence-electron chi connectivity index (χ4n) is 1.37. The Balaban J connectivity index is 2.63. The quantitative estimate of drug-likeness (QED) is 0.773. The van der Waals surface area contributed by atoms with Gasteiger partial charge in [-0.1, -0.05) is 44.3 Å². The Morgan fingerprint density at radius 1 is 1.38 bits per heavy atom. The van der Waals surface area contributed by atoms with E-state index in [2.05, 4.69) is 19.9 Å². The first kappa shape index (κ1) is 13.0. The molecule has 88 valence electrons. The van der Waals surface area contributed by atoms with Crippen LogP contribution in [-0.4, -0.2) is 11.6 Å². The van der Waals surface area contributed by atoms with Gasteiger partial charge in [0.1, 0.15) is 5.75 Å². The first-order valence-corrected chi connectivity index (χ1v) is 5.99. The SMILES string of the molecule is CC(C)COc1ccccc1CCC(N)=S. The van der Waals surface area contributed by atoms with Gasteiger partial charge < -0.3 is 10.5 Å². The molecule has 0 bridgehead atoms. The molecular formula is C13H19NOS. The molecule has 1 aromatic carbocycles. The fourth-order valence-corrected chi connectivity index (χ4v) is 1.47. The second kappa shape index (κ2) is 6.48. The van der Waals surface area contributed by atoms with Crippen LogP contribution >= 0.6 is 12.2 Å². The third kappa shape index (κ3) is 4.62. The molecule has 0 radical (unpaired) electrons. The van der Waals surface area contributed by atoms with Crippen LogP contribution in [-0.2, 0) is 6.42 Å². The first-order chi connectivity index (χ1) is 7.59. The fraction of sp³-hybridized carbons (Fsp3) is 0.462. The second-order valence-electron chi connectivity index (χ2n) is 4.28. The largest absolute Gasteiger partial charge is 0.493 e. The van der Waals surface area contributed by atoms with Gasteiger partial charge in [0.15, 0.2) is 0 Å². The third-order valence-corrected chi connectivity index (χ3v) is 2.39. The summed E-state index contributed by atoms with van der Waals surface area (Å²) < 4.78 is 5.75. The van der Waals surface area contributed by atoms with Crippen molar-refractivity contribution in [1.29, 1.82) is 0 Å². The standard InChI is InChI=1S/C13H19NOS/c1-10(2)9-15-12-6-4-3-5-11(12)7-8-13(14)16/h3-6,10H,7-9H2,1-2H3,(H2,14,16). The maximum atomic E-state index is 5.75. The van der Waals surface area contributed by atoms with Crippen LogP contribution in [0.1, 0.15) is 25.8 Å². The Morgan fingerprint density at radius 2 is 2.06 bits per heavy atom. The summed E-state index contributed by atoms with van der Waals surface area (Å²) in [6.45, 7) is 5.01. The first-order valence-electron chi connectivity index (χ1n) is 5.58. The maximum Gasteiger partial charge on any atom is 0.122 e. The van der Waals surface area contributed by atoms with Gasteiger partial charge in [-0.05, 0) is 24.0 Å². The smallest absolute Gasteiger partial charge is 0.122 e. The molecule has 0 unspecified atom stereocenters. The van der Waals surface area contributed by atoms with Crippen molar-refractivity contribution in [2.24, 2.45) is 11.7 Å². The zero-order valence-corrected chi connectivity index (χ0v) is 10.7. The molecular weight excluding hydrogens is 218 g/mol. The lowest BCUT2D eigenvalue weighted by Gasteiger charge is -2.12. The van der Waals surface area contributed by atoms with E-state index >= 15 is 0 Å². The average Bonchev–Trinajstić information content (AvgIpc) is 2.24. The van der Waals surface area contributed by atoms with Crippen LogP contribution in [0.3, 0.4) is 0 Å². The summed E-state index contributed by atoms with van der Waals surface area (Å²) in [5.41, 5.74) is 6.68. The van der Waals surface area contributed by atoms with Crippen molar-refractivity contribution >= 4 is 17.2 Å². The molecule has 16 heavy (non-hydrogen) atoms. The molecule has 0 atom stereocenters. The van der Waals surface area contributed by atoms with Crippen LogP contribution in [0.4, 0.5) is 0 Å². The molecule has 0 aliphatic rings. The van der Waals surface area contributed by atoms with Crippen molar-refractivity contribution in [3.8, 4) is 5.75 Å². The Hall–Kier alpha value is -1.09. The van der Waals surface area contributed by atoms with Gasteiger partial charge in [-0.3, -0.25) is 0 Å². The Kier molecular flexibility index (Phi) is 5.26. The molecule has 0 heterocycles. The van der Waals surface area contributed by atoms with Crippen LogP contribution in [0.2, 0.25) is 0 Å². The summed E-state index contributed by atoms with van der Waals surface area (Å²) in [6.07, 6.45) is 1.58. The summed E-state index contributed by atoms with van der Waals surface area (Å²) in [4.78, 5) is 0.554. The van der Waals surface area contributed by atoms with Crippen LogP contribution in [0, 0.1) is 5.92 Å². The Morgan fingerprint density at radius 3 is 2.69 bits per heavy atom. The topological polar surface area (TPSA) is 35.2 Å². The molecule has 0 spiro atoms. The minimum absolute atomic E-state index is 0.531. The van der Waals surface area contributed by atoms with Gasteiger partial charge in [-0.25, -0.2) is 0 Å².